The molecule has 0 aliphatic heterocycles. The number of nitrogens with two attached hydrogens (primary N) is 1. The third-order valence-electron chi connectivity index (χ3n) is 2.90. The molecule has 0 aliphatic rings. The van der Waals surface area contributed by atoms with Crippen molar-refractivity contribution in [3.05, 3.63) is 41.1 Å². The van der Waals surface area contributed by atoms with Gasteiger partial charge in [-0.05, 0) is 28.1 Å². The second-order valence-corrected chi connectivity index (χ2v) is 4.94. The van der Waals surface area contributed by atoms with Gasteiger partial charge in [0.2, 0.25) is 5.95 Å². The fraction of sp³-hybridized carbons (Fsp3) is 0.0769. The van der Waals surface area contributed by atoms with Crippen LogP contribution in [0.2, 0.25) is 0 Å². The van der Waals surface area contributed by atoms with Gasteiger partial charge in [-0.1, -0.05) is 12.1 Å². The lowest BCUT2D eigenvalue weighted by atomic mass is 10.1. The van der Waals surface area contributed by atoms with E-state index >= 15 is 0 Å². The highest BCUT2D eigenvalue weighted by atomic mass is 79.9. The largest absolute Gasteiger partial charge is 0.368 e. The number of nitrogens with zero attached hydrogens (tertiary/aromatic N) is 3. The molecule has 2 N–H and O–H groups in total. The van der Waals surface area contributed by atoms with Crippen LogP contribution in [0.1, 0.15) is 0 Å². The van der Waals surface area contributed by atoms with Crippen LogP contribution >= 0.6 is 15.9 Å². The molecule has 18 heavy (non-hydrogen) atoms. The van der Waals surface area contributed by atoms with Crippen LogP contribution in [0.15, 0.2) is 41.1 Å². The zero-order valence-electron chi connectivity index (χ0n) is 9.76. The summed E-state index contributed by atoms with van der Waals surface area (Å²) in [6, 6.07) is 7.99. The van der Waals surface area contributed by atoms with E-state index < -0.39 is 0 Å². The van der Waals surface area contributed by atoms with Crippen molar-refractivity contribution in [3.8, 4) is 11.3 Å². The van der Waals surface area contributed by atoms with Crippen LogP contribution in [-0.2, 0) is 7.05 Å². The van der Waals surface area contributed by atoms with E-state index in [4.69, 9.17) is 5.73 Å². The molecule has 3 rings (SSSR count). The van der Waals surface area contributed by atoms with Crippen molar-refractivity contribution in [1.29, 1.82) is 0 Å². The first kappa shape index (κ1) is 11.2. The van der Waals surface area contributed by atoms with E-state index in [0.717, 1.165) is 26.6 Å². The van der Waals surface area contributed by atoms with Crippen molar-refractivity contribution >= 4 is 32.8 Å². The standard InChI is InChI=1S/C13H11BrN4/c1-18-7-9(11-5-6-16-13(15)17-11)8-3-2-4-10(14)12(8)18/h2-7H,1H3,(H2,15,16,17). The summed E-state index contributed by atoms with van der Waals surface area (Å²) in [5.74, 6) is 0.291. The molecule has 2 heterocycles. The SMILES string of the molecule is Cn1cc(-c2ccnc(N)n2)c2cccc(Br)c21. The Morgan fingerprint density at radius 2 is 2.11 bits per heavy atom. The van der Waals surface area contributed by atoms with Gasteiger partial charge in [0.15, 0.2) is 0 Å². The number of halogens is 1. The van der Waals surface area contributed by atoms with E-state index in [9.17, 15) is 0 Å². The molecular weight excluding hydrogens is 292 g/mol. The summed E-state index contributed by atoms with van der Waals surface area (Å²) in [7, 11) is 2.02. The number of aryl methyl sites for hydroxylation is 1. The van der Waals surface area contributed by atoms with Gasteiger partial charge in [0.1, 0.15) is 0 Å². The van der Waals surface area contributed by atoms with Crippen LogP contribution in [0.25, 0.3) is 22.2 Å². The summed E-state index contributed by atoms with van der Waals surface area (Å²) in [6.07, 6.45) is 3.73. The summed E-state index contributed by atoms with van der Waals surface area (Å²) in [5, 5.41) is 1.14. The first-order valence-corrected chi connectivity index (χ1v) is 6.28. The van der Waals surface area contributed by atoms with Crippen LogP contribution in [0.4, 0.5) is 5.95 Å². The Labute approximate surface area is 113 Å². The van der Waals surface area contributed by atoms with Gasteiger partial charge in [-0.15, -0.1) is 0 Å². The summed E-state index contributed by atoms with van der Waals surface area (Å²) in [4.78, 5) is 8.19. The number of hydrogen-bond acceptors (Lipinski definition) is 3. The van der Waals surface area contributed by atoms with E-state index in [1.165, 1.54) is 0 Å². The molecule has 4 nitrogen and oxygen atoms in total. The molecule has 0 saturated heterocycles. The molecule has 1 aromatic carbocycles. The molecule has 0 atom stereocenters. The second kappa shape index (κ2) is 4.10. The predicted octanol–water partition coefficient (Wildman–Crippen LogP) is 2.98. The first-order chi connectivity index (χ1) is 8.66. The number of fused-ring (bicyclic) bond motifs is 1. The Balaban J connectivity index is 2.34. The van der Waals surface area contributed by atoms with Gasteiger partial charge >= 0.3 is 0 Å². The van der Waals surface area contributed by atoms with Crippen molar-refractivity contribution in [3.63, 3.8) is 0 Å². The van der Waals surface area contributed by atoms with Gasteiger partial charge in [-0.2, -0.15) is 0 Å². The maximum Gasteiger partial charge on any atom is 0.220 e. The quantitative estimate of drug-likeness (QED) is 0.752. The fourth-order valence-electron chi connectivity index (χ4n) is 2.15. The van der Waals surface area contributed by atoms with Crippen LogP contribution in [0, 0.1) is 0 Å². The highest BCUT2D eigenvalue weighted by Crippen LogP contribution is 2.33. The molecule has 3 aromatic rings. The minimum Gasteiger partial charge on any atom is -0.368 e. The molecule has 0 spiro atoms. The van der Waals surface area contributed by atoms with E-state index in [0.29, 0.717) is 5.95 Å². The highest BCUT2D eigenvalue weighted by Gasteiger charge is 2.11. The van der Waals surface area contributed by atoms with Gasteiger partial charge in [0.25, 0.3) is 0 Å². The van der Waals surface area contributed by atoms with Crippen LogP contribution in [0.3, 0.4) is 0 Å². The van der Waals surface area contributed by atoms with Crippen LogP contribution in [0.5, 0.6) is 0 Å². The molecule has 0 bridgehead atoms. The molecular formula is C13H11BrN4. The van der Waals surface area contributed by atoms with Crippen molar-refractivity contribution in [2.45, 2.75) is 0 Å². The molecule has 90 valence electrons. The second-order valence-electron chi connectivity index (χ2n) is 4.09. The molecule has 0 fully saturated rings. The molecule has 0 unspecified atom stereocenters. The number of anilines is 1. The Hall–Kier alpha value is -1.88. The minimum absolute atomic E-state index is 0.291. The van der Waals surface area contributed by atoms with E-state index in [1.54, 1.807) is 6.20 Å². The van der Waals surface area contributed by atoms with Gasteiger partial charge < -0.3 is 10.3 Å². The summed E-state index contributed by atoms with van der Waals surface area (Å²) < 4.78 is 3.14. The highest BCUT2D eigenvalue weighted by molar-refractivity contribution is 9.10. The molecule has 0 aliphatic carbocycles. The maximum absolute atomic E-state index is 5.64. The normalized spacial score (nSPS) is 11.0. The lowest BCUT2D eigenvalue weighted by molar-refractivity contribution is 0.967. The summed E-state index contributed by atoms with van der Waals surface area (Å²) >= 11 is 3.57. The Morgan fingerprint density at radius 3 is 2.89 bits per heavy atom. The van der Waals surface area contributed by atoms with Gasteiger partial charge in [-0.3, -0.25) is 0 Å². The Bertz CT molecular complexity index is 733. The predicted molar refractivity (Wildman–Crippen MR) is 76.1 cm³/mol. The summed E-state index contributed by atoms with van der Waals surface area (Å²) in [6.45, 7) is 0. The average molecular weight is 303 g/mol. The zero-order valence-corrected chi connectivity index (χ0v) is 11.3. The molecule has 5 heteroatoms. The van der Waals surface area contributed by atoms with Gasteiger partial charge in [0, 0.05) is 34.9 Å². The number of hydrogen-bond donors (Lipinski definition) is 1. The van der Waals surface area contributed by atoms with Crippen molar-refractivity contribution in [2.75, 3.05) is 5.73 Å². The number of para-hydroxylation sites is 1. The van der Waals surface area contributed by atoms with Crippen molar-refractivity contribution in [1.82, 2.24) is 14.5 Å². The molecule has 0 radical (unpaired) electrons. The van der Waals surface area contributed by atoms with E-state index in [-0.39, 0.29) is 0 Å². The number of rotatable bonds is 1. The fourth-order valence-corrected chi connectivity index (χ4v) is 2.79. The number of aromatic nitrogens is 3. The van der Waals surface area contributed by atoms with E-state index in [2.05, 4.69) is 42.7 Å². The van der Waals surface area contributed by atoms with E-state index in [1.807, 2.05) is 25.2 Å². The third kappa shape index (κ3) is 1.67. The van der Waals surface area contributed by atoms with Gasteiger partial charge in [-0.25, -0.2) is 9.97 Å². The lowest BCUT2D eigenvalue weighted by Crippen LogP contribution is -1.94. The molecule has 2 aromatic heterocycles. The third-order valence-corrected chi connectivity index (χ3v) is 3.54. The summed E-state index contributed by atoms with van der Waals surface area (Å²) in [5.41, 5.74) is 8.68. The van der Waals surface area contributed by atoms with Crippen molar-refractivity contribution in [2.24, 2.45) is 7.05 Å². The Morgan fingerprint density at radius 1 is 1.28 bits per heavy atom. The Kier molecular flexibility index (Phi) is 2.56. The van der Waals surface area contributed by atoms with Crippen molar-refractivity contribution < 1.29 is 0 Å². The van der Waals surface area contributed by atoms with Crippen LogP contribution < -0.4 is 5.73 Å². The maximum atomic E-state index is 5.64. The molecule has 0 amide bonds. The molecule has 0 saturated carbocycles. The van der Waals surface area contributed by atoms with Crippen LogP contribution in [-0.4, -0.2) is 14.5 Å². The zero-order chi connectivity index (χ0) is 12.7. The number of nitrogen functional groups attached to an aromatic ring is 1. The average Bonchev–Trinajstić information content (AvgIpc) is 2.68. The minimum atomic E-state index is 0.291. The van der Waals surface area contributed by atoms with Gasteiger partial charge in [0.05, 0.1) is 11.2 Å². The first-order valence-electron chi connectivity index (χ1n) is 5.49. The lowest BCUT2D eigenvalue weighted by Gasteiger charge is -2.00. The number of benzene rings is 1. The monoisotopic (exact) mass is 302 g/mol. The smallest absolute Gasteiger partial charge is 0.220 e. The topological polar surface area (TPSA) is 56.7 Å².